The van der Waals surface area contributed by atoms with Gasteiger partial charge in [-0.15, -0.1) is 0 Å². The number of hydrogen-bond acceptors (Lipinski definition) is 3. The molecule has 3 aromatic carbocycles. The van der Waals surface area contributed by atoms with Gasteiger partial charge in [-0.2, -0.15) is 0 Å². The monoisotopic (exact) mass is 352 g/mol. The van der Waals surface area contributed by atoms with Crippen LogP contribution in [0.3, 0.4) is 0 Å². The Morgan fingerprint density at radius 3 is 2.32 bits per heavy atom. The summed E-state index contributed by atoms with van der Waals surface area (Å²) in [7, 11) is 0. The van der Waals surface area contributed by atoms with Crippen molar-refractivity contribution in [1.29, 1.82) is 0 Å². The van der Waals surface area contributed by atoms with Crippen molar-refractivity contribution in [2.75, 3.05) is 5.32 Å². The molecule has 0 atom stereocenters. The molecule has 25 heavy (non-hydrogen) atoms. The van der Waals surface area contributed by atoms with E-state index in [0.29, 0.717) is 5.69 Å². The van der Waals surface area contributed by atoms with Gasteiger partial charge in [0.15, 0.2) is 0 Å². The number of non-ortho nitro benzene ring substituents is 1. The molecule has 0 saturated carbocycles. The molecule has 0 bridgehead atoms. The summed E-state index contributed by atoms with van der Waals surface area (Å²) in [4.78, 5) is 22.8. The number of hydrogen-bond donors (Lipinski definition) is 1. The average Bonchev–Trinajstić information content (AvgIpc) is 2.62. The Kier molecular flexibility index (Phi) is 4.77. The first-order valence-corrected chi connectivity index (χ1v) is 7.84. The highest BCUT2D eigenvalue weighted by Crippen LogP contribution is 2.29. The van der Waals surface area contributed by atoms with Crippen LogP contribution in [0.1, 0.15) is 10.4 Å². The second-order valence-electron chi connectivity index (χ2n) is 5.29. The second kappa shape index (κ2) is 7.15. The van der Waals surface area contributed by atoms with E-state index in [1.165, 1.54) is 18.2 Å². The Morgan fingerprint density at radius 2 is 1.64 bits per heavy atom. The zero-order chi connectivity index (χ0) is 17.8. The number of nitro benzene ring substituents is 1. The van der Waals surface area contributed by atoms with Gasteiger partial charge in [0.2, 0.25) is 0 Å². The molecule has 0 heterocycles. The van der Waals surface area contributed by atoms with Crippen molar-refractivity contribution in [2.45, 2.75) is 0 Å². The van der Waals surface area contributed by atoms with Gasteiger partial charge in [0, 0.05) is 23.4 Å². The van der Waals surface area contributed by atoms with Crippen LogP contribution in [-0.2, 0) is 0 Å². The lowest BCUT2D eigenvalue weighted by Gasteiger charge is -2.12. The number of anilines is 1. The number of rotatable bonds is 4. The maximum atomic E-state index is 12.5. The maximum Gasteiger partial charge on any atom is 0.270 e. The number of carbonyl (C=O) groups excluding carboxylic acids is 1. The smallest absolute Gasteiger partial charge is 0.270 e. The van der Waals surface area contributed by atoms with Crippen LogP contribution in [0.25, 0.3) is 11.1 Å². The summed E-state index contributed by atoms with van der Waals surface area (Å²) in [5.74, 6) is -0.428. The largest absolute Gasteiger partial charge is 0.321 e. The number of nitrogens with one attached hydrogen (secondary N) is 1. The lowest BCUT2D eigenvalue weighted by atomic mass is 10.0. The standard InChI is InChI=1S/C19H13ClN2O3/c20-17-12-14(22(24)25)10-11-16(17)19(23)21-18-9-5-4-8-15(18)13-6-2-1-3-7-13/h1-12H,(H,21,23). The number of amides is 1. The van der Waals surface area contributed by atoms with Crippen LogP contribution in [0.4, 0.5) is 11.4 Å². The third-order valence-corrected chi connectivity index (χ3v) is 3.98. The molecule has 6 heteroatoms. The minimum absolute atomic E-state index is 0.0314. The molecule has 0 aliphatic rings. The van der Waals surface area contributed by atoms with Gasteiger partial charge in [-0.1, -0.05) is 60.1 Å². The molecule has 0 spiro atoms. The lowest BCUT2D eigenvalue weighted by molar-refractivity contribution is -0.384. The first-order chi connectivity index (χ1) is 12.1. The summed E-state index contributed by atoms with van der Waals surface area (Å²) in [6.45, 7) is 0. The first-order valence-electron chi connectivity index (χ1n) is 7.46. The molecule has 3 aromatic rings. The van der Waals surface area contributed by atoms with Crippen LogP contribution in [0, 0.1) is 10.1 Å². The summed E-state index contributed by atoms with van der Waals surface area (Å²) < 4.78 is 0. The van der Waals surface area contributed by atoms with Crippen LogP contribution in [0.2, 0.25) is 5.02 Å². The van der Waals surface area contributed by atoms with Gasteiger partial charge < -0.3 is 5.32 Å². The summed E-state index contributed by atoms with van der Waals surface area (Å²) in [5.41, 5.74) is 2.48. The van der Waals surface area contributed by atoms with Gasteiger partial charge in [-0.25, -0.2) is 0 Å². The molecule has 1 amide bonds. The molecule has 1 N–H and O–H groups in total. The Morgan fingerprint density at radius 1 is 0.960 bits per heavy atom. The van der Waals surface area contributed by atoms with Crippen LogP contribution >= 0.6 is 11.6 Å². The van der Waals surface area contributed by atoms with E-state index in [-0.39, 0.29) is 16.3 Å². The number of para-hydroxylation sites is 1. The van der Waals surface area contributed by atoms with Crippen molar-refractivity contribution in [1.82, 2.24) is 0 Å². The Hall–Kier alpha value is -3.18. The summed E-state index contributed by atoms with van der Waals surface area (Å²) >= 11 is 6.03. The number of benzene rings is 3. The van der Waals surface area contributed by atoms with E-state index >= 15 is 0 Å². The van der Waals surface area contributed by atoms with Crippen molar-refractivity contribution in [3.63, 3.8) is 0 Å². The van der Waals surface area contributed by atoms with Gasteiger partial charge in [-0.3, -0.25) is 14.9 Å². The zero-order valence-electron chi connectivity index (χ0n) is 13.0. The van der Waals surface area contributed by atoms with Gasteiger partial charge in [0.05, 0.1) is 15.5 Å². The number of nitro groups is 1. The van der Waals surface area contributed by atoms with E-state index in [1.807, 2.05) is 48.5 Å². The van der Waals surface area contributed by atoms with E-state index in [0.717, 1.165) is 11.1 Å². The molecule has 0 saturated heterocycles. The fraction of sp³-hybridized carbons (Fsp3) is 0. The van der Waals surface area contributed by atoms with Gasteiger partial charge in [-0.05, 0) is 17.7 Å². The molecular formula is C19H13ClN2O3. The van der Waals surface area contributed by atoms with E-state index in [2.05, 4.69) is 5.32 Å². The van der Waals surface area contributed by atoms with E-state index < -0.39 is 10.8 Å². The molecule has 0 unspecified atom stereocenters. The average molecular weight is 353 g/mol. The molecular weight excluding hydrogens is 340 g/mol. The van der Waals surface area contributed by atoms with E-state index in [9.17, 15) is 14.9 Å². The van der Waals surface area contributed by atoms with Gasteiger partial charge in [0.1, 0.15) is 0 Å². The summed E-state index contributed by atoms with van der Waals surface area (Å²) in [5, 5.41) is 13.6. The van der Waals surface area contributed by atoms with Gasteiger partial charge >= 0.3 is 0 Å². The second-order valence-corrected chi connectivity index (χ2v) is 5.69. The van der Waals surface area contributed by atoms with Gasteiger partial charge in [0.25, 0.3) is 11.6 Å². The van der Waals surface area contributed by atoms with E-state index in [1.54, 1.807) is 6.07 Å². The SMILES string of the molecule is O=C(Nc1ccccc1-c1ccccc1)c1ccc([N+](=O)[O-])cc1Cl. The summed E-state index contributed by atoms with van der Waals surface area (Å²) in [6, 6.07) is 20.8. The molecule has 3 rings (SSSR count). The lowest BCUT2D eigenvalue weighted by Crippen LogP contribution is -2.13. The van der Waals surface area contributed by atoms with Crippen molar-refractivity contribution >= 4 is 28.9 Å². The third kappa shape index (κ3) is 3.67. The number of halogens is 1. The predicted octanol–water partition coefficient (Wildman–Crippen LogP) is 5.17. The fourth-order valence-electron chi connectivity index (χ4n) is 2.45. The first kappa shape index (κ1) is 16.7. The molecule has 124 valence electrons. The van der Waals surface area contributed by atoms with Crippen molar-refractivity contribution in [3.05, 3.63) is 93.5 Å². The molecule has 5 nitrogen and oxygen atoms in total. The Labute approximate surface area is 149 Å². The van der Waals surface area contributed by atoms with Crippen molar-refractivity contribution in [2.24, 2.45) is 0 Å². The van der Waals surface area contributed by atoms with Crippen LogP contribution in [-0.4, -0.2) is 10.8 Å². The minimum atomic E-state index is -0.557. The van der Waals surface area contributed by atoms with E-state index in [4.69, 9.17) is 11.6 Å². The maximum absolute atomic E-state index is 12.5. The Bertz CT molecular complexity index is 942. The highest BCUT2D eigenvalue weighted by Gasteiger charge is 2.16. The number of nitrogens with zero attached hydrogens (tertiary/aromatic N) is 1. The highest BCUT2D eigenvalue weighted by molar-refractivity contribution is 6.34. The topological polar surface area (TPSA) is 72.2 Å². The fourth-order valence-corrected chi connectivity index (χ4v) is 2.71. The van der Waals surface area contributed by atoms with Crippen LogP contribution in [0.5, 0.6) is 0 Å². The highest BCUT2D eigenvalue weighted by atomic mass is 35.5. The summed E-state index contributed by atoms with van der Waals surface area (Å²) in [6.07, 6.45) is 0. The van der Waals surface area contributed by atoms with Crippen molar-refractivity contribution < 1.29 is 9.72 Å². The third-order valence-electron chi connectivity index (χ3n) is 3.67. The van der Waals surface area contributed by atoms with Crippen LogP contribution in [0.15, 0.2) is 72.8 Å². The molecule has 0 aliphatic heterocycles. The minimum Gasteiger partial charge on any atom is -0.321 e. The quantitative estimate of drug-likeness (QED) is 0.520. The molecule has 0 fully saturated rings. The molecule has 0 aliphatic carbocycles. The molecule has 0 aromatic heterocycles. The Balaban J connectivity index is 1.91. The van der Waals surface area contributed by atoms with Crippen LogP contribution < -0.4 is 5.32 Å². The zero-order valence-corrected chi connectivity index (χ0v) is 13.7. The number of carbonyl (C=O) groups is 1. The normalized spacial score (nSPS) is 10.3. The molecule has 0 radical (unpaired) electrons. The predicted molar refractivity (Wildman–Crippen MR) is 97.9 cm³/mol. The van der Waals surface area contributed by atoms with Crippen molar-refractivity contribution in [3.8, 4) is 11.1 Å².